The van der Waals surface area contributed by atoms with Crippen molar-refractivity contribution in [3.05, 3.63) is 23.8 Å². The molecule has 3 amide bonds. The van der Waals surface area contributed by atoms with Gasteiger partial charge in [0.2, 0.25) is 5.91 Å². The lowest BCUT2D eigenvalue weighted by Crippen LogP contribution is -2.45. The minimum atomic E-state index is -0.884. The number of rotatable bonds is 7. The predicted octanol–water partition coefficient (Wildman–Crippen LogP) is 3.14. The summed E-state index contributed by atoms with van der Waals surface area (Å²) >= 11 is 0. The number of carbonyl (C=O) groups is 3. The van der Waals surface area contributed by atoms with Crippen LogP contribution in [0.5, 0.6) is 0 Å². The third-order valence-electron chi connectivity index (χ3n) is 5.09. The van der Waals surface area contributed by atoms with Gasteiger partial charge in [-0.25, -0.2) is 4.79 Å². The molecule has 3 N–H and O–H groups in total. The number of aryl methyl sites for hydroxylation is 1. The van der Waals surface area contributed by atoms with E-state index in [1.807, 2.05) is 17.0 Å². The second kappa shape index (κ2) is 7.58. The van der Waals surface area contributed by atoms with Crippen molar-refractivity contribution < 1.29 is 19.5 Å². The Kier molecular flexibility index (Phi) is 5.39. The van der Waals surface area contributed by atoms with Crippen molar-refractivity contribution in [1.29, 1.82) is 0 Å². The third kappa shape index (κ3) is 5.21. The van der Waals surface area contributed by atoms with Crippen LogP contribution < -0.4 is 15.5 Å². The van der Waals surface area contributed by atoms with Gasteiger partial charge in [0, 0.05) is 36.3 Å². The summed E-state index contributed by atoms with van der Waals surface area (Å²) < 4.78 is 0. The van der Waals surface area contributed by atoms with Gasteiger partial charge in [0.25, 0.3) is 0 Å². The number of carboxylic acids is 1. The molecule has 0 atom stereocenters. The summed E-state index contributed by atoms with van der Waals surface area (Å²) in [5.41, 5.74) is 2.06. The number of hydrogen-bond acceptors (Lipinski definition) is 3. The van der Waals surface area contributed by atoms with Gasteiger partial charge in [-0.3, -0.25) is 9.59 Å². The van der Waals surface area contributed by atoms with Gasteiger partial charge in [-0.2, -0.15) is 0 Å². The zero-order valence-corrected chi connectivity index (χ0v) is 15.9. The molecule has 0 unspecified atom stereocenters. The molecule has 1 aromatic rings. The number of carbonyl (C=O) groups excluding carboxylic acids is 2. The zero-order valence-electron chi connectivity index (χ0n) is 15.9. The summed E-state index contributed by atoms with van der Waals surface area (Å²) in [6.45, 7) is 4.38. The van der Waals surface area contributed by atoms with E-state index in [1.54, 1.807) is 19.9 Å². The summed E-state index contributed by atoms with van der Waals surface area (Å²) in [5, 5.41) is 14.4. The van der Waals surface area contributed by atoms with E-state index >= 15 is 0 Å². The Labute approximate surface area is 159 Å². The Morgan fingerprint density at radius 1 is 1.26 bits per heavy atom. The molecule has 3 rings (SSSR count). The fourth-order valence-electron chi connectivity index (χ4n) is 3.35. The van der Waals surface area contributed by atoms with Crippen molar-refractivity contribution in [1.82, 2.24) is 5.32 Å². The smallest absolute Gasteiger partial charge is 0.319 e. The number of urea groups is 1. The van der Waals surface area contributed by atoms with E-state index in [1.165, 1.54) is 12.8 Å². The summed E-state index contributed by atoms with van der Waals surface area (Å²) in [7, 11) is 0. The Balaban J connectivity index is 1.63. The van der Waals surface area contributed by atoms with Crippen LogP contribution in [0.4, 0.5) is 16.2 Å². The quantitative estimate of drug-likeness (QED) is 0.684. The maximum Gasteiger partial charge on any atom is 0.319 e. The second-order valence-corrected chi connectivity index (χ2v) is 8.15. The van der Waals surface area contributed by atoms with Crippen LogP contribution in [0.2, 0.25) is 0 Å². The molecule has 1 saturated carbocycles. The van der Waals surface area contributed by atoms with Gasteiger partial charge < -0.3 is 20.6 Å². The number of fused-ring (bicyclic) bond motifs is 1. The zero-order chi connectivity index (χ0) is 19.6. The van der Waals surface area contributed by atoms with Gasteiger partial charge in [0.1, 0.15) is 0 Å². The number of aliphatic carboxylic acids is 1. The molecule has 0 aromatic heterocycles. The Bertz CT molecular complexity index is 756. The van der Waals surface area contributed by atoms with Gasteiger partial charge in [-0.15, -0.1) is 0 Å². The molecule has 0 saturated heterocycles. The van der Waals surface area contributed by atoms with Crippen molar-refractivity contribution in [2.45, 2.75) is 57.9 Å². The molecule has 1 fully saturated rings. The number of anilines is 2. The number of hydrogen-bond donors (Lipinski definition) is 3. The lowest BCUT2D eigenvalue weighted by Gasteiger charge is -2.30. The maximum absolute atomic E-state index is 12.3. The van der Waals surface area contributed by atoms with E-state index in [0.717, 1.165) is 17.8 Å². The molecule has 0 bridgehead atoms. The van der Waals surface area contributed by atoms with E-state index in [0.29, 0.717) is 30.9 Å². The minimum Gasteiger partial charge on any atom is -0.481 e. The van der Waals surface area contributed by atoms with Crippen molar-refractivity contribution >= 4 is 29.3 Å². The van der Waals surface area contributed by atoms with Gasteiger partial charge in [-0.05, 0) is 69.2 Å². The maximum atomic E-state index is 12.3. The first-order chi connectivity index (χ1) is 12.7. The van der Waals surface area contributed by atoms with Crippen molar-refractivity contribution in [3.8, 4) is 0 Å². The van der Waals surface area contributed by atoms with Crippen LogP contribution in [0.1, 0.15) is 51.5 Å². The number of amides is 3. The molecule has 7 nitrogen and oxygen atoms in total. The van der Waals surface area contributed by atoms with E-state index in [-0.39, 0.29) is 18.4 Å². The van der Waals surface area contributed by atoms with Crippen LogP contribution in [-0.4, -0.2) is 35.1 Å². The molecular weight excluding hydrogens is 346 g/mol. The molecule has 1 aromatic carbocycles. The van der Waals surface area contributed by atoms with Gasteiger partial charge in [0.05, 0.1) is 0 Å². The monoisotopic (exact) mass is 373 g/mol. The molecule has 7 heteroatoms. The van der Waals surface area contributed by atoms with Crippen LogP contribution in [0.25, 0.3) is 0 Å². The van der Waals surface area contributed by atoms with E-state index in [9.17, 15) is 14.4 Å². The van der Waals surface area contributed by atoms with E-state index < -0.39 is 11.5 Å². The standard InChI is InChI=1S/C20H27N3O4/c1-20(2,10-9-18(25)26)22-19(27)21-15-6-7-16-14(11-15)5-8-17(24)23(16)12-13-3-4-13/h6-7,11,13H,3-5,8-10,12H2,1-2H3,(H,25,26)(H2,21,22,27). The number of nitrogens with one attached hydrogen (secondary N) is 2. The van der Waals surface area contributed by atoms with Gasteiger partial charge in [0.15, 0.2) is 0 Å². The first-order valence-electron chi connectivity index (χ1n) is 9.48. The molecule has 2 aliphatic rings. The van der Waals surface area contributed by atoms with Crippen molar-refractivity contribution in [3.63, 3.8) is 0 Å². The van der Waals surface area contributed by atoms with Crippen molar-refractivity contribution in [2.24, 2.45) is 5.92 Å². The lowest BCUT2D eigenvalue weighted by molar-refractivity contribution is -0.137. The molecule has 1 aliphatic carbocycles. The normalized spacial score (nSPS) is 16.7. The highest BCUT2D eigenvalue weighted by atomic mass is 16.4. The second-order valence-electron chi connectivity index (χ2n) is 8.15. The summed E-state index contributed by atoms with van der Waals surface area (Å²) in [6, 6.07) is 5.26. The lowest BCUT2D eigenvalue weighted by atomic mass is 9.98. The summed E-state index contributed by atoms with van der Waals surface area (Å²) in [6.07, 6.45) is 3.90. The SMILES string of the molecule is CC(C)(CCC(=O)O)NC(=O)Nc1ccc2c(c1)CCC(=O)N2CC1CC1. The molecule has 0 radical (unpaired) electrons. The number of benzene rings is 1. The summed E-state index contributed by atoms with van der Waals surface area (Å²) in [4.78, 5) is 37.1. The van der Waals surface area contributed by atoms with E-state index in [2.05, 4.69) is 10.6 Å². The number of nitrogens with zero attached hydrogens (tertiary/aromatic N) is 1. The largest absolute Gasteiger partial charge is 0.481 e. The average molecular weight is 373 g/mol. The fourth-order valence-corrected chi connectivity index (χ4v) is 3.35. The van der Waals surface area contributed by atoms with Crippen LogP contribution >= 0.6 is 0 Å². The average Bonchev–Trinajstić information content (AvgIpc) is 3.39. The molecule has 146 valence electrons. The minimum absolute atomic E-state index is 0.00299. The fraction of sp³-hybridized carbons (Fsp3) is 0.550. The van der Waals surface area contributed by atoms with Crippen molar-refractivity contribution in [2.75, 3.05) is 16.8 Å². The predicted molar refractivity (Wildman–Crippen MR) is 103 cm³/mol. The molecule has 27 heavy (non-hydrogen) atoms. The Morgan fingerprint density at radius 3 is 2.67 bits per heavy atom. The number of carboxylic acid groups (broad SMARTS) is 1. The Morgan fingerprint density at radius 2 is 2.00 bits per heavy atom. The highest BCUT2D eigenvalue weighted by Gasteiger charge is 2.31. The molecule has 1 heterocycles. The van der Waals surface area contributed by atoms with Crippen LogP contribution in [0.3, 0.4) is 0 Å². The van der Waals surface area contributed by atoms with Crippen LogP contribution in [0.15, 0.2) is 18.2 Å². The van der Waals surface area contributed by atoms with Gasteiger partial charge >= 0.3 is 12.0 Å². The highest BCUT2D eigenvalue weighted by Crippen LogP contribution is 2.36. The third-order valence-corrected chi connectivity index (χ3v) is 5.09. The summed E-state index contributed by atoms with van der Waals surface area (Å²) in [5.74, 6) is -0.0881. The molecule has 0 spiro atoms. The van der Waals surface area contributed by atoms with Crippen LogP contribution in [-0.2, 0) is 16.0 Å². The van der Waals surface area contributed by atoms with E-state index in [4.69, 9.17) is 5.11 Å². The van der Waals surface area contributed by atoms with Crippen LogP contribution in [0, 0.1) is 5.92 Å². The topological polar surface area (TPSA) is 98.7 Å². The molecular formula is C20H27N3O4. The first kappa shape index (κ1) is 19.2. The highest BCUT2D eigenvalue weighted by molar-refractivity contribution is 5.97. The van der Waals surface area contributed by atoms with Gasteiger partial charge in [-0.1, -0.05) is 0 Å². The molecule has 1 aliphatic heterocycles. The Hall–Kier alpha value is -2.57. The first-order valence-corrected chi connectivity index (χ1v) is 9.48.